The zero-order valence-electron chi connectivity index (χ0n) is 12.1. The van der Waals surface area contributed by atoms with Gasteiger partial charge in [0.05, 0.1) is 0 Å². The van der Waals surface area contributed by atoms with E-state index in [0.29, 0.717) is 13.1 Å². The molecule has 1 amide bonds. The molecular formula is C11H21ClF3N3O3S. The van der Waals surface area contributed by atoms with E-state index in [0.717, 1.165) is 0 Å². The Bertz CT molecular complexity index is 453. The minimum absolute atomic E-state index is 0. The summed E-state index contributed by atoms with van der Waals surface area (Å²) in [6.07, 6.45) is -4.48. The van der Waals surface area contributed by atoms with Gasteiger partial charge in [0, 0.05) is 38.5 Å². The van der Waals surface area contributed by atoms with Gasteiger partial charge in [0.15, 0.2) is 9.84 Å². The molecule has 1 aliphatic rings. The van der Waals surface area contributed by atoms with E-state index in [1.807, 2.05) is 0 Å². The van der Waals surface area contributed by atoms with Gasteiger partial charge in [-0.1, -0.05) is 6.92 Å². The van der Waals surface area contributed by atoms with Crippen molar-refractivity contribution in [2.45, 2.75) is 19.1 Å². The Kier molecular flexibility index (Phi) is 8.66. The first-order valence-corrected chi connectivity index (χ1v) is 8.46. The van der Waals surface area contributed by atoms with E-state index < -0.39 is 40.3 Å². The zero-order valence-corrected chi connectivity index (χ0v) is 13.8. The average Bonchev–Trinajstić information content (AvgIpc) is 2.38. The number of sulfone groups is 1. The normalized spacial score (nSPS) is 18.4. The summed E-state index contributed by atoms with van der Waals surface area (Å²) in [4.78, 5) is 12.7. The number of hydrogen-bond acceptors (Lipinski definition) is 5. The quantitative estimate of drug-likeness (QED) is 0.679. The number of alkyl halides is 3. The van der Waals surface area contributed by atoms with Gasteiger partial charge in [0.25, 0.3) is 0 Å². The third-order valence-electron chi connectivity index (χ3n) is 3.25. The molecule has 11 heteroatoms. The van der Waals surface area contributed by atoms with Crippen LogP contribution in [-0.4, -0.2) is 75.7 Å². The van der Waals surface area contributed by atoms with E-state index in [-0.39, 0.29) is 31.2 Å². The molecule has 0 bridgehead atoms. The fourth-order valence-electron chi connectivity index (χ4n) is 2.01. The molecule has 1 fully saturated rings. The summed E-state index contributed by atoms with van der Waals surface area (Å²) < 4.78 is 61.6. The van der Waals surface area contributed by atoms with Gasteiger partial charge in [0.2, 0.25) is 5.91 Å². The Morgan fingerprint density at radius 2 is 1.86 bits per heavy atom. The summed E-state index contributed by atoms with van der Waals surface area (Å²) >= 11 is 0. The minimum atomic E-state index is -4.48. The van der Waals surface area contributed by atoms with Crippen LogP contribution in [0.2, 0.25) is 0 Å². The molecule has 2 N–H and O–H groups in total. The molecule has 0 saturated carbocycles. The highest BCUT2D eigenvalue weighted by molar-refractivity contribution is 7.92. The number of halogens is 4. The van der Waals surface area contributed by atoms with Crippen molar-refractivity contribution in [3.63, 3.8) is 0 Å². The molecule has 22 heavy (non-hydrogen) atoms. The second kappa shape index (κ2) is 8.90. The highest BCUT2D eigenvalue weighted by Crippen LogP contribution is 2.24. The molecule has 1 saturated heterocycles. The molecule has 0 radical (unpaired) electrons. The SMILES string of the molecule is CCS(=O)(=O)CC(=O)NCC(N1CCNCC1)C(F)(F)F.Cl. The van der Waals surface area contributed by atoms with Crippen LogP contribution in [0.4, 0.5) is 13.2 Å². The Balaban J connectivity index is 0.00000441. The maximum atomic E-state index is 13.0. The van der Waals surface area contributed by atoms with E-state index in [4.69, 9.17) is 0 Å². The van der Waals surface area contributed by atoms with Crippen molar-refractivity contribution >= 4 is 28.2 Å². The van der Waals surface area contributed by atoms with Crippen LogP contribution in [0.1, 0.15) is 6.92 Å². The van der Waals surface area contributed by atoms with Gasteiger partial charge in [-0.25, -0.2) is 8.42 Å². The largest absolute Gasteiger partial charge is 0.405 e. The van der Waals surface area contributed by atoms with Gasteiger partial charge < -0.3 is 10.6 Å². The Labute approximate surface area is 134 Å². The summed E-state index contributed by atoms with van der Waals surface area (Å²) in [5.41, 5.74) is 0. The molecule has 132 valence electrons. The average molecular weight is 368 g/mol. The Morgan fingerprint density at radius 3 is 2.32 bits per heavy atom. The molecule has 1 rings (SSSR count). The van der Waals surface area contributed by atoms with Gasteiger partial charge in [-0.3, -0.25) is 9.69 Å². The highest BCUT2D eigenvalue weighted by Gasteiger charge is 2.43. The molecule has 6 nitrogen and oxygen atoms in total. The smallest absolute Gasteiger partial charge is 0.353 e. The number of rotatable bonds is 6. The van der Waals surface area contributed by atoms with Crippen LogP contribution in [0.3, 0.4) is 0 Å². The van der Waals surface area contributed by atoms with Crippen molar-refractivity contribution in [1.82, 2.24) is 15.5 Å². The molecule has 1 heterocycles. The third-order valence-corrected chi connectivity index (χ3v) is 4.84. The number of carbonyl (C=O) groups excluding carboxylic acids is 1. The highest BCUT2D eigenvalue weighted by atomic mass is 35.5. The van der Waals surface area contributed by atoms with E-state index in [9.17, 15) is 26.4 Å². The lowest BCUT2D eigenvalue weighted by Crippen LogP contribution is -2.57. The maximum Gasteiger partial charge on any atom is 0.405 e. The third kappa shape index (κ3) is 7.12. The van der Waals surface area contributed by atoms with Crippen LogP contribution in [-0.2, 0) is 14.6 Å². The van der Waals surface area contributed by atoms with E-state index >= 15 is 0 Å². The van der Waals surface area contributed by atoms with Crippen molar-refractivity contribution in [2.24, 2.45) is 0 Å². The summed E-state index contributed by atoms with van der Waals surface area (Å²) in [7, 11) is -3.54. The van der Waals surface area contributed by atoms with Crippen molar-refractivity contribution in [1.29, 1.82) is 0 Å². The summed E-state index contributed by atoms with van der Waals surface area (Å²) in [5.74, 6) is -1.91. The standard InChI is InChI=1S/C11H20F3N3O3S.ClH/c1-2-21(19,20)8-10(18)16-7-9(11(12,13)14)17-5-3-15-4-6-17;/h9,15H,2-8H2,1H3,(H,16,18);1H. The number of hydrogen-bond donors (Lipinski definition) is 2. The van der Waals surface area contributed by atoms with Crippen molar-refractivity contribution in [2.75, 3.05) is 44.2 Å². The van der Waals surface area contributed by atoms with Gasteiger partial charge in [-0.15, -0.1) is 12.4 Å². The van der Waals surface area contributed by atoms with Crippen molar-refractivity contribution in [3.8, 4) is 0 Å². The molecule has 0 aliphatic carbocycles. The summed E-state index contributed by atoms with van der Waals surface area (Å²) in [5, 5.41) is 5.03. The molecule has 1 atom stereocenters. The lowest BCUT2D eigenvalue weighted by molar-refractivity contribution is -0.183. The van der Waals surface area contributed by atoms with Crippen molar-refractivity contribution < 1.29 is 26.4 Å². The van der Waals surface area contributed by atoms with E-state index in [1.54, 1.807) is 0 Å². The zero-order chi connectivity index (χ0) is 16.1. The molecule has 0 aromatic heterocycles. The maximum absolute atomic E-state index is 13.0. The number of nitrogens with one attached hydrogen (secondary N) is 2. The number of nitrogens with zero attached hydrogens (tertiary/aromatic N) is 1. The minimum Gasteiger partial charge on any atom is -0.353 e. The topological polar surface area (TPSA) is 78.5 Å². The predicted molar refractivity (Wildman–Crippen MR) is 78.9 cm³/mol. The summed E-state index contributed by atoms with van der Waals surface area (Å²) in [6.45, 7) is 2.10. The number of carbonyl (C=O) groups is 1. The van der Waals surface area contributed by atoms with Gasteiger partial charge in [0.1, 0.15) is 11.8 Å². The van der Waals surface area contributed by atoms with Gasteiger partial charge in [-0.2, -0.15) is 13.2 Å². The molecular weight excluding hydrogens is 347 g/mol. The first-order chi connectivity index (χ1) is 9.65. The van der Waals surface area contributed by atoms with Crippen LogP contribution in [0, 0.1) is 0 Å². The summed E-state index contributed by atoms with van der Waals surface area (Å²) in [6, 6.07) is -1.80. The van der Waals surface area contributed by atoms with Crippen LogP contribution in [0.25, 0.3) is 0 Å². The van der Waals surface area contributed by atoms with Crippen LogP contribution in [0.15, 0.2) is 0 Å². The lowest BCUT2D eigenvalue weighted by Gasteiger charge is -2.35. The van der Waals surface area contributed by atoms with Gasteiger partial charge >= 0.3 is 6.18 Å². The first-order valence-electron chi connectivity index (χ1n) is 6.64. The molecule has 0 spiro atoms. The molecule has 1 aliphatic heterocycles. The number of piperazine rings is 1. The molecule has 0 aromatic carbocycles. The van der Waals surface area contributed by atoms with Crippen LogP contribution >= 0.6 is 12.4 Å². The predicted octanol–water partition coefficient (Wildman–Crippen LogP) is -0.205. The Morgan fingerprint density at radius 1 is 1.32 bits per heavy atom. The second-order valence-electron chi connectivity index (χ2n) is 4.82. The first kappa shape index (κ1) is 21.4. The van der Waals surface area contributed by atoms with Gasteiger partial charge in [-0.05, 0) is 0 Å². The monoisotopic (exact) mass is 367 g/mol. The van der Waals surface area contributed by atoms with E-state index in [1.165, 1.54) is 11.8 Å². The number of amides is 1. The van der Waals surface area contributed by atoms with Crippen LogP contribution < -0.4 is 10.6 Å². The molecule has 0 aromatic rings. The Hall–Kier alpha value is -0.580. The van der Waals surface area contributed by atoms with Crippen molar-refractivity contribution in [3.05, 3.63) is 0 Å². The lowest BCUT2D eigenvalue weighted by atomic mass is 10.2. The molecule has 1 unspecified atom stereocenters. The second-order valence-corrected chi connectivity index (χ2v) is 7.18. The van der Waals surface area contributed by atoms with Crippen LogP contribution in [0.5, 0.6) is 0 Å². The fourth-order valence-corrected chi connectivity index (χ4v) is 2.71. The fraction of sp³-hybridized carbons (Fsp3) is 0.909. The van der Waals surface area contributed by atoms with E-state index in [2.05, 4.69) is 10.6 Å².